The zero-order valence-corrected chi connectivity index (χ0v) is 17.7. The van der Waals surface area contributed by atoms with Crippen molar-refractivity contribution in [3.63, 3.8) is 0 Å². The van der Waals surface area contributed by atoms with Gasteiger partial charge in [0.2, 0.25) is 5.88 Å². The van der Waals surface area contributed by atoms with Gasteiger partial charge in [-0.3, -0.25) is 0 Å². The number of halogens is 1. The van der Waals surface area contributed by atoms with Crippen LogP contribution in [0, 0.1) is 5.92 Å². The lowest BCUT2D eigenvalue weighted by atomic mass is 9.82. The number of ether oxygens (including phenoxy) is 1. The summed E-state index contributed by atoms with van der Waals surface area (Å²) in [6.45, 7) is 5.62. The maximum atomic E-state index is 11.8. The molecule has 10 heteroatoms. The predicted molar refractivity (Wildman–Crippen MR) is 108 cm³/mol. The topological polar surface area (TPSA) is 118 Å². The van der Waals surface area contributed by atoms with Gasteiger partial charge < -0.3 is 4.74 Å². The van der Waals surface area contributed by atoms with Gasteiger partial charge in [-0.05, 0) is 35.9 Å². The van der Waals surface area contributed by atoms with Gasteiger partial charge >= 0.3 is 0 Å². The molecule has 4 atom stereocenters. The molecule has 1 aliphatic rings. The van der Waals surface area contributed by atoms with Crippen LogP contribution in [-0.2, 0) is 15.4 Å². The molecule has 1 fully saturated rings. The highest BCUT2D eigenvalue weighted by atomic mass is 35.5. The summed E-state index contributed by atoms with van der Waals surface area (Å²) in [6.07, 6.45) is 5.21. The first-order chi connectivity index (χ1) is 13.1. The maximum absolute atomic E-state index is 11.8. The molecule has 8 nitrogen and oxygen atoms in total. The Labute approximate surface area is 168 Å². The number of hydrogen-bond donors (Lipinski definition) is 0. The van der Waals surface area contributed by atoms with Crippen LogP contribution in [0.3, 0.4) is 0 Å². The number of rotatable bonds is 6. The second kappa shape index (κ2) is 7.39. The fourth-order valence-electron chi connectivity index (χ4n) is 3.59. The Kier molecular flexibility index (Phi) is 5.44. The SMILES string of the molecule is CC[C@@](C)(N=[N+]=[N-])c1cnc(O[C@@H]2C[C@@H](S(C)(=O)=O)[C@H]2C)c2cnc(Cl)cc12. The number of aromatic nitrogens is 2. The molecule has 0 unspecified atom stereocenters. The molecule has 0 radical (unpaired) electrons. The quantitative estimate of drug-likeness (QED) is 0.295. The monoisotopic (exact) mass is 423 g/mol. The molecule has 150 valence electrons. The van der Waals surface area contributed by atoms with Gasteiger partial charge in [-0.1, -0.05) is 30.6 Å². The van der Waals surface area contributed by atoms with E-state index in [0.717, 1.165) is 10.9 Å². The van der Waals surface area contributed by atoms with Gasteiger partial charge in [0.1, 0.15) is 11.3 Å². The second-order valence-corrected chi connectivity index (χ2v) is 10.1. The molecule has 28 heavy (non-hydrogen) atoms. The smallest absolute Gasteiger partial charge is 0.223 e. The molecular formula is C18H22ClN5O3S. The zero-order valence-electron chi connectivity index (χ0n) is 16.1. The lowest BCUT2D eigenvalue weighted by Crippen LogP contribution is -2.51. The molecule has 0 amide bonds. The predicted octanol–water partition coefficient (Wildman–Crippen LogP) is 4.42. The van der Waals surface area contributed by atoms with Crippen molar-refractivity contribution < 1.29 is 13.2 Å². The molecule has 0 spiro atoms. The van der Waals surface area contributed by atoms with Crippen molar-refractivity contribution in [3.05, 3.63) is 39.6 Å². The Bertz CT molecular complexity index is 1070. The average molecular weight is 424 g/mol. The van der Waals surface area contributed by atoms with Crippen molar-refractivity contribution in [3.8, 4) is 5.88 Å². The summed E-state index contributed by atoms with van der Waals surface area (Å²) >= 11 is 6.11. The Hall–Kier alpha value is -2.09. The first kappa shape index (κ1) is 20.6. The van der Waals surface area contributed by atoms with Crippen LogP contribution in [0.1, 0.15) is 39.2 Å². The van der Waals surface area contributed by atoms with Crippen LogP contribution in [-0.4, -0.2) is 36.0 Å². The van der Waals surface area contributed by atoms with Crippen molar-refractivity contribution in [2.24, 2.45) is 11.0 Å². The summed E-state index contributed by atoms with van der Waals surface area (Å²) in [5, 5.41) is 5.25. The van der Waals surface area contributed by atoms with Crippen LogP contribution in [0.2, 0.25) is 5.15 Å². The zero-order chi connectivity index (χ0) is 20.7. The summed E-state index contributed by atoms with van der Waals surface area (Å²) in [4.78, 5) is 11.6. The molecule has 2 heterocycles. The number of sulfone groups is 1. The largest absolute Gasteiger partial charge is 0.473 e. The van der Waals surface area contributed by atoms with Gasteiger partial charge in [0.25, 0.3) is 0 Å². The third-order valence-electron chi connectivity index (χ3n) is 5.69. The molecule has 2 aromatic rings. The third-order valence-corrected chi connectivity index (χ3v) is 7.61. The van der Waals surface area contributed by atoms with E-state index in [9.17, 15) is 8.42 Å². The second-order valence-electron chi connectivity index (χ2n) is 7.47. The van der Waals surface area contributed by atoms with E-state index in [1.807, 2.05) is 20.8 Å². The van der Waals surface area contributed by atoms with Crippen LogP contribution < -0.4 is 4.74 Å². The normalized spacial score (nSPS) is 24.1. The highest BCUT2D eigenvalue weighted by Gasteiger charge is 2.45. The van der Waals surface area contributed by atoms with E-state index >= 15 is 0 Å². The number of azide groups is 1. The van der Waals surface area contributed by atoms with E-state index in [2.05, 4.69) is 20.0 Å². The van der Waals surface area contributed by atoms with Crippen LogP contribution in [0.25, 0.3) is 21.2 Å². The lowest BCUT2D eigenvalue weighted by molar-refractivity contribution is 0.0589. The summed E-state index contributed by atoms with van der Waals surface area (Å²) in [7, 11) is -3.10. The number of fused-ring (bicyclic) bond motifs is 1. The van der Waals surface area contributed by atoms with E-state index in [0.29, 0.717) is 29.3 Å². The molecule has 1 saturated carbocycles. The van der Waals surface area contributed by atoms with Gasteiger partial charge in [-0.25, -0.2) is 18.4 Å². The van der Waals surface area contributed by atoms with Gasteiger partial charge in [0.05, 0.1) is 16.2 Å². The summed E-state index contributed by atoms with van der Waals surface area (Å²) in [6, 6.07) is 1.70. The van der Waals surface area contributed by atoms with Crippen molar-refractivity contribution in [2.75, 3.05) is 6.26 Å². The van der Waals surface area contributed by atoms with E-state index in [1.165, 1.54) is 6.26 Å². The van der Waals surface area contributed by atoms with Crippen LogP contribution >= 0.6 is 11.6 Å². The van der Waals surface area contributed by atoms with Crippen molar-refractivity contribution in [2.45, 2.75) is 50.5 Å². The summed E-state index contributed by atoms with van der Waals surface area (Å²) in [5.74, 6) is 0.238. The van der Waals surface area contributed by atoms with Crippen molar-refractivity contribution in [1.29, 1.82) is 0 Å². The Morgan fingerprint density at radius 3 is 2.68 bits per heavy atom. The minimum absolute atomic E-state index is 0.129. The minimum atomic E-state index is -3.10. The first-order valence-electron chi connectivity index (χ1n) is 8.97. The minimum Gasteiger partial charge on any atom is -0.473 e. The van der Waals surface area contributed by atoms with Crippen LogP contribution in [0.5, 0.6) is 5.88 Å². The van der Waals surface area contributed by atoms with Crippen LogP contribution in [0.15, 0.2) is 23.6 Å². The van der Waals surface area contributed by atoms with Gasteiger partial charge in [-0.2, -0.15) is 0 Å². The van der Waals surface area contributed by atoms with E-state index in [1.54, 1.807) is 18.5 Å². The summed E-state index contributed by atoms with van der Waals surface area (Å²) < 4.78 is 29.6. The van der Waals surface area contributed by atoms with Crippen molar-refractivity contribution >= 4 is 32.2 Å². The number of hydrogen-bond acceptors (Lipinski definition) is 6. The van der Waals surface area contributed by atoms with E-state index in [4.69, 9.17) is 21.9 Å². The van der Waals surface area contributed by atoms with Crippen LogP contribution in [0.4, 0.5) is 0 Å². The van der Waals surface area contributed by atoms with Gasteiger partial charge in [-0.15, -0.1) is 0 Å². The average Bonchev–Trinajstić information content (AvgIpc) is 2.62. The van der Waals surface area contributed by atoms with Gasteiger partial charge in [0.15, 0.2) is 9.84 Å². The number of pyridine rings is 2. The number of nitrogens with zero attached hydrogens (tertiary/aromatic N) is 5. The fraction of sp³-hybridized carbons (Fsp3) is 0.556. The Balaban J connectivity index is 2.03. The highest BCUT2D eigenvalue weighted by molar-refractivity contribution is 7.91. The molecule has 0 saturated heterocycles. The fourth-order valence-corrected chi connectivity index (χ4v) is 5.24. The molecule has 2 aromatic heterocycles. The lowest BCUT2D eigenvalue weighted by Gasteiger charge is -2.40. The Morgan fingerprint density at radius 2 is 2.11 bits per heavy atom. The molecular weight excluding hydrogens is 402 g/mol. The molecule has 0 bridgehead atoms. The maximum Gasteiger partial charge on any atom is 0.223 e. The van der Waals surface area contributed by atoms with Crippen molar-refractivity contribution in [1.82, 2.24) is 9.97 Å². The summed E-state index contributed by atoms with van der Waals surface area (Å²) in [5.41, 5.74) is 8.91. The van der Waals surface area contributed by atoms with E-state index in [-0.39, 0.29) is 12.0 Å². The van der Waals surface area contributed by atoms with Gasteiger partial charge in [0, 0.05) is 35.9 Å². The third kappa shape index (κ3) is 3.62. The van der Waals surface area contributed by atoms with E-state index < -0.39 is 20.6 Å². The molecule has 0 aliphatic heterocycles. The first-order valence-corrected chi connectivity index (χ1v) is 11.3. The molecule has 0 aromatic carbocycles. The molecule has 0 N–H and O–H groups in total. The molecule has 3 rings (SSSR count). The Morgan fingerprint density at radius 1 is 1.39 bits per heavy atom. The highest BCUT2D eigenvalue weighted by Crippen LogP contribution is 2.40. The molecule has 1 aliphatic carbocycles. The standard InChI is InChI=1S/C18H22ClN5O3S/c1-5-18(3,23-24-20)13-9-22-17(12-8-21-16(19)6-11(12)13)27-14-7-15(10(14)2)28(4,25)26/h6,8-10,14-15H,5,7H2,1-4H3/t10-,14+,15+,18+/m0/s1.